The molecule has 1 aromatic carbocycles. The fraction of sp³-hybridized carbons (Fsp3) is 0.316. The van der Waals surface area contributed by atoms with Crippen molar-refractivity contribution in [2.45, 2.75) is 25.9 Å². The van der Waals surface area contributed by atoms with Crippen LogP contribution in [0.5, 0.6) is 0 Å². The summed E-state index contributed by atoms with van der Waals surface area (Å²) in [6, 6.07) is 12.2. The van der Waals surface area contributed by atoms with Gasteiger partial charge in [0.05, 0.1) is 11.1 Å². The molecule has 0 spiro atoms. The van der Waals surface area contributed by atoms with Crippen molar-refractivity contribution in [2.75, 3.05) is 18.5 Å². The molecule has 3 heterocycles. The standard InChI is InChI=1S/C19H20ClN3O/c1-13-4-6-14(7-5-13)18-19(21-11-16-3-2-10-24-16)23-12-15(20)8-9-17(23)22-18/h4-9,12,16,21H,2-3,10-11H2,1H3/t16-/m1/s1. The lowest BCUT2D eigenvalue weighted by Crippen LogP contribution is -2.19. The van der Waals surface area contributed by atoms with Crippen LogP contribution in [0.2, 0.25) is 5.02 Å². The first kappa shape index (κ1) is 15.5. The van der Waals surface area contributed by atoms with Crippen LogP contribution in [0.25, 0.3) is 16.9 Å². The molecule has 0 radical (unpaired) electrons. The number of aromatic nitrogens is 2. The molecule has 1 saturated heterocycles. The lowest BCUT2D eigenvalue weighted by atomic mass is 10.1. The number of aryl methyl sites for hydroxylation is 1. The summed E-state index contributed by atoms with van der Waals surface area (Å²) in [5.41, 5.74) is 4.15. The Morgan fingerprint density at radius 1 is 1.25 bits per heavy atom. The van der Waals surface area contributed by atoms with Crippen molar-refractivity contribution < 1.29 is 4.74 Å². The maximum Gasteiger partial charge on any atom is 0.139 e. The molecule has 0 amide bonds. The Morgan fingerprint density at radius 3 is 2.83 bits per heavy atom. The van der Waals surface area contributed by atoms with Crippen LogP contribution in [0.4, 0.5) is 5.82 Å². The maximum absolute atomic E-state index is 6.19. The van der Waals surface area contributed by atoms with E-state index in [-0.39, 0.29) is 6.10 Å². The molecule has 1 fully saturated rings. The monoisotopic (exact) mass is 341 g/mol. The number of anilines is 1. The minimum atomic E-state index is 0.264. The molecule has 0 aliphatic carbocycles. The molecule has 4 rings (SSSR count). The van der Waals surface area contributed by atoms with Crippen molar-refractivity contribution >= 4 is 23.1 Å². The van der Waals surface area contributed by atoms with Crippen molar-refractivity contribution in [1.82, 2.24) is 9.38 Å². The largest absolute Gasteiger partial charge is 0.376 e. The molecular formula is C19H20ClN3O. The second-order valence-corrected chi connectivity index (χ2v) is 6.70. The predicted octanol–water partition coefficient (Wildman–Crippen LogP) is 4.55. The van der Waals surface area contributed by atoms with Crippen molar-refractivity contribution in [3.8, 4) is 11.3 Å². The lowest BCUT2D eigenvalue weighted by Gasteiger charge is -2.13. The number of ether oxygens (including phenoxy) is 1. The summed E-state index contributed by atoms with van der Waals surface area (Å²) in [7, 11) is 0. The summed E-state index contributed by atoms with van der Waals surface area (Å²) in [4.78, 5) is 4.80. The van der Waals surface area contributed by atoms with Gasteiger partial charge < -0.3 is 10.1 Å². The van der Waals surface area contributed by atoms with Gasteiger partial charge in [0.1, 0.15) is 17.2 Å². The number of benzene rings is 1. The van der Waals surface area contributed by atoms with E-state index in [1.165, 1.54) is 5.56 Å². The van der Waals surface area contributed by atoms with E-state index in [0.717, 1.165) is 48.7 Å². The first-order valence-electron chi connectivity index (χ1n) is 8.31. The van der Waals surface area contributed by atoms with Gasteiger partial charge in [0.2, 0.25) is 0 Å². The van der Waals surface area contributed by atoms with Gasteiger partial charge in [-0.1, -0.05) is 41.4 Å². The van der Waals surface area contributed by atoms with Gasteiger partial charge in [-0.3, -0.25) is 4.40 Å². The van der Waals surface area contributed by atoms with Crippen LogP contribution in [-0.2, 0) is 4.74 Å². The number of nitrogens with one attached hydrogen (secondary N) is 1. The first-order valence-corrected chi connectivity index (χ1v) is 8.68. The highest BCUT2D eigenvalue weighted by atomic mass is 35.5. The van der Waals surface area contributed by atoms with Gasteiger partial charge in [-0.2, -0.15) is 0 Å². The number of hydrogen-bond acceptors (Lipinski definition) is 3. The number of pyridine rings is 1. The Kier molecular flexibility index (Phi) is 4.17. The fourth-order valence-corrected chi connectivity index (χ4v) is 3.28. The summed E-state index contributed by atoms with van der Waals surface area (Å²) in [6.45, 7) is 3.72. The molecule has 2 aromatic heterocycles. The van der Waals surface area contributed by atoms with Crippen LogP contribution in [0.1, 0.15) is 18.4 Å². The number of hydrogen-bond donors (Lipinski definition) is 1. The number of imidazole rings is 1. The van der Waals surface area contributed by atoms with Crippen LogP contribution in [-0.4, -0.2) is 28.6 Å². The molecule has 24 heavy (non-hydrogen) atoms. The van der Waals surface area contributed by atoms with Gasteiger partial charge in [0.25, 0.3) is 0 Å². The van der Waals surface area contributed by atoms with Crippen LogP contribution >= 0.6 is 11.6 Å². The average Bonchev–Trinajstić information content (AvgIpc) is 3.21. The van der Waals surface area contributed by atoms with Crippen molar-refractivity contribution in [1.29, 1.82) is 0 Å². The first-order chi connectivity index (χ1) is 11.7. The third-order valence-corrected chi connectivity index (χ3v) is 4.65. The summed E-state index contributed by atoms with van der Waals surface area (Å²) >= 11 is 6.19. The minimum absolute atomic E-state index is 0.264. The van der Waals surface area contributed by atoms with E-state index in [0.29, 0.717) is 5.02 Å². The lowest BCUT2D eigenvalue weighted by molar-refractivity contribution is 0.120. The summed E-state index contributed by atoms with van der Waals surface area (Å²) in [5.74, 6) is 0.965. The van der Waals surface area contributed by atoms with Crippen LogP contribution in [0.15, 0.2) is 42.6 Å². The van der Waals surface area contributed by atoms with Gasteiger partial charge in [0.15, 0.2) is 0 Å². The van der Waals surface area contributed by atoms with E-state index in [9.17, 15) is 0 Å². The van der Waals surface area contributed by atoms with Gasteiger partial charge >= 0.3 is 0 Å². The van der Waals surface area contributed by atoms with E-state index in [1.807, 2.05) is 22.7 Å². The number of rotatable bonds is 4. The molecule has 5 heteroatoms. The SMILES string of the molecule is Cc1ccc(-c2nc3ccc(Cl)cn3c2NC[C@H]2CCCO2)cc1. The van der Waals surface area contributed by atoms with E-state index in [1.54, 1.807) is 0 Å². The molecule has 124 valence electrons. The third kappa shape index (κ3) is 2.99. The summed E-state index contributed by atoms with van der Waals surface area (Å²) in [6.07, 6.45) is 4.40. The second-order valence-electron chi connectivity index (χ2n) is 6.27. The predicted molar refractivity (Wildman–Crippen MR) is 97.8 cm³/mol. The molecule has 0 unspecified atom stereocenters. The maximum atomic E-state index is 6.19. The zero-order chi connectivity index (χ0) is 16.5. The number of fused-ring (bicyclic) bond motifs is 1. The Labute approximate surface area is 146 Å². The zero-order valence-corrected chi connectivity index (χ0v) is 14.4. The molecule has 1 aliphatic heterocycles. The fourth-order valence-electron chi connectivity index (χ4n) is 3.12. The Morgan fingerprint density at radius 2 is 2.08 bits per heavy atom. The molecule has 0 saturated carbocycles. The molecule has 1 atom stereocenters. The van der Waals surface area contributed by atoms with Gasteiger partial charge in [-0.05, 0) is 31.9 Å². The van der Waals surface area contributed by atoms with E-state index >= 15 is 0 Å². The van der Waals surface area contributed by atoms with Crippen LogP contribution < -0.4 is 5.32 Å². The summed E-state index contributed by atoms with van der Waals surface area (Å²) in [5, 5.41) is 4.23. The molecule has 1 N–H and O–H groups in total. The molecule has 4 nitrogen and oxygen atoms in total. The number of nitrogens with zero attached hydrogens (tertiary/aromatic N) is 2. The Balaban J connectivity index is 1.75. The normalized spacial score (nSPS) is 17.5. The minimum Gasteiger partial charge on any atom is -0.376 e. The smallest absolute Gasteiger partial charge is 0.139 e. The van der Waals surface area contributed by atoms with Gasteiger partial charge in [-0.25, -0.2) is 4.98 Å². The van der Waals surface area contributed by atoms with Crippen molar-refractivity contribution in [3.05, 3.63) is 53.2 Å². The quantitative estimate of drug-likeness (QED) is 0.756. The second kappa shape index (κ2) is 6.46. The highest BCUT2D eigenvalue weighted by Crippen LogP contribution is 2.30. The molecule has 1 aliphatic rings. The van der Waals surface area contributed by atoms with Gasteiger partial charge in [0, 0.05) is 24.9 Å². The third-order valence-electron chi connectivity index (χ3n) is 4.43. The molecule has 0 bridgehead atoms. The van der Waals surface area contributed by atoms with E-state index in [2.05, 4.69) is 36.5 Å². The average molecular weight is 342 g/mol. The summed E-state index contributed by atoms with van der Waals surface area (Å²) < 4.78 is 7.75. The van der Waals surface area contributed by atoms with E-state index in [4.69, 9.17) is 21.3 Å². The highest BCUT2D eigenvalue weighted by Gasteiger charge is 2.19. The van der Waals surface area contributed by atoms with E-state index < -0.39 is 0 Å². The number of halogens is 1. The Hall–Kier alpha value is -2.04. The van der Waals surface area contributed by atoms with Crippen LogP contribution in [0, 0.1) is 6.92 Å². The topological polar surface area (TPSA) is 38.6 Å². The van der Waals surface area contributed by atoms with Gasteiger partial charge in [-0.15, -0.1) is 0 Å². The van der Waals surface area contributed by atoms with Crippen molar-refractivity contribution in [2.24, 2.45) is 0 Å². The highest BCUT2D eigenvalue weighted by molar-refractivity contribution is 6.30. The Bertz CT molecular complexity index is 851. The molecular weight excluding hydrogens is 322 g/mol. The van der Waals surface area contributed by atoms with Crippen LogP contribution in [0.3, 0.4) is 0 Å². The zero-order valence-electron chi connectivity index (χ0n) is 13.6. The van der Waals surface area contributed by atoms with Crippen molar-refractivity contribution in [3.63, 3.8) is 0 Å². The molecule has 3 aromatic rings.